The Morgan fingerprint density at radius 2 is 2.24 bits per heavy atom. The summed E-state index contributed by atoms with van der Waals surface area (Å²) in [6.07, 6.45) is 3.07. The van der Waals surface area contributed by atoms with E-state index in [1.807, 2.05) is 11.4 Å². The third-order valence-electron chi connectivity index (χ3n) is 2.20. The molecule has 0 radical (unpaired) electrons. The third-order valence-corrected chi connectivity index (χ3v) is 3.20. The Kier molecular flexibility index (Phi) is 5.48. The van der Waals surface area contributed by atoms with Gasteiger partial charge < -0.3 is 15.8 Å². The standard InChI is InChI=1S/C11H16N2O3S/c1-16-10(14)5-3-2-4-9-6-8(7-17-9)13-11(12)15/h6-7H,2-5H2,1H3,(H3,12,13,15). The van der Waals surface area contributed by atoms with Gasteiger partial charge in [0.15, 0.2) is 0 Å². The van der Waals surface area contributed by atoms with Crippen LogP contribution in [0.4, 0.5) is 10.5 Å². The molecule has 5 nitrogen and oxygen atoms in total. The Bertz CT molecular complexity index is 390. The van der Waals surface area contributed by atoms with Crippen molar-refractivity contribution in [2.75, 3.05) is 12.4 Å². The summed E-state index contributed by atoms with van der Waals surface area (Å²) in [5, 5.41) is 4.37. The number of methoxy groups -OCH3 is 1. The van der Waals surface area contributed by atoms with Crippen molar-refractivity contribution in [2.45, 2.75) is 25.7 Å². The SMILES string of the molecule is COC(=O)CCCCc1cc(NC(N)=O)cs1. The lowest BCUT2D eigenvalue weighted by molar-refractivity contribution is -0.140. The number of anilines is 1. The number of nitrogens with two attached hydrogens (primary N) is 1. The predicted molar refractivity (Wildman–Crippen MR) is 67.1 cm³/mol. The first-order valence-electron chi connectivity index (χ1n) is 5.32. The third kappa shape index (κ3) is 5.35. The number of nitrogens with one attached hydrogen (secondary N) is 1. The molecule has 0 spiro atoms. The van der Waals surface area contributed by atoms with Gasteiger partial charge in [-0.15, -0.1) is 11.3 Å². The van der Waals surface area contributed by atoms with Crippen molar-refractivity contribution in [3.63, 3.8) is 0 Å². The molecule has 1 aromatic heterocycles. The molecule has 0 aliphatic carbocycles. The molecule has 0 atom stereocenters. The molecular formula is C11H16N2O3S. The van der Waals surface area contributed by atoms with Crippen molar-refractivity contribution in [3.05, 3.63) is 16.3 Å². The number of unbranched alkanes of at least 4 members (excludes halogenated alkanes) is 1. The van der Waals surface area contributed by atoms with E-state index in [0.717, 1.165) is 24.9 Å². The number of hydrogen-bond donors (Lipinski definition) is 2. The van der Waals surface area contributed by atoms with Gasteiger partial charge in [0.25, 0.3) is 0 Å². The van der Waals surface area contributed by atoms with E-state index < -0.39 is 6.03 Å². The van der Waals surface area contributed by atoms with Crippen LogP contribution in [-0.4, -0.2) is 19.1 Å². The van der Waals surface area contributed by atoms with Crippen LogP contribution in [0, 0.1) is 0 Å². The van der Waals surface area contributed by atoms with E-state index in [0.29, 0.717) is 6.42 Å². The van der Waals surface area contributed by atoms with Gasteiger partial charge in [0.2, 0.25) is 0 Å². The molecule has 1 aromatic rings. The molecule has 94 valence electrons. The number of ether oxygens (including phenoxy) is 1. The Hall–Kier alpha value is -1.56. The first-order chi connectivity index (χ1) is 8.11. The lowest BCUT2D eigenvalue weighted by Gasteiger charge is -1.98. The molecule has 0 unspecified atom stereocenters. The molecule has 0 saturated heterocycles. The van der Waals surface area contributed by atoms with Gasteiger partial charge >= 0.3 is 12.0 Å². The maximum atomic E-state index is 10.9. The van der Waals surface area contributed by atoms with E-state index in [1.54, 1.807) is 11.3 Å². The zero-order valence-electron chi connectivity index (χ0n) is 9.69. The van der Waals surface area contributed by atoms with Crippen molar-refractivity contribution in [3.8, 4) is 0 Å². The van der Waals surface area contributed by atoms with E-state index in [4.69, 9.17) is 5.73 Å². The highest BCUT2D eigenvalue weighted by molar-refractivity contribution is 7.10. The van der Waals surface area contributed by atoms with Crippen molar-refractivity contribution < 1.29 is 14.3 Å². The molecule has 3 N–H and O–H groups in total. The second kappa shape index (κ2) is 6.90. The van der Waals surface area contributed by atoms with Crippen molar-refractivity contribution in [1.82, 2.24) is 0 Å². The maximum Gasteiger partial charge on any atom is 0.316 e. The minimum atomic E-state index is -0.556. The highest BCUT2D eigenvalue weighted by Gasteiger charge is 2.03. The summed E-state index contributed by atoms with van der Waals surface area (Å²) < 4.78 is 4.55. The lowest BCUT2D eigenvalue weighted by Crippen LogP contribution is -2.18. The van der Waals surface area contributed by atoms with Gasteiger partial charge in [0.05, 0.1) is 12.8 Å². The molecule has 17 heavy (non-hydrogen) atoms. The monoisotopic (exact) mass is 256 g/mol. The molecule has 0 aliphatic heterocycles. The fraction of sp³-hybridized carbons (Fsp3) is 0.455. The first kappa shape index (κ1) is 13.5. The molecule has 2 amide bonds. The number of carbonyl (C=O) groups excluding carboxylic acids is 2. The fourth-order valence-electron chi connectivity index (χ4n) is 1.39. The van der Waals surface area contributed by atoms with Crippen LogP contribution in [0.3, 0.4) is 0 Å². The summed E-state index contributed by atoms with van der Waals surface area (Å²) in [5.74, 6) is -0.174. The van der Waals surface area contributed by atoms with Crippen LogP contribution in [0.15, 0.2) is 11.4 Å². The number of esters is 1. The van der Waals surface area contributed by atoms with Crippen molar-refractivity contribution in [1.29, 1.82) is 0 Å². The van der Waals surface area contributed by atoms with Crippen LogP contribution in [0.1, 0.15) is 24.1 Å². The Labute approximate surface area is 104 Å². The molecule has 1 heterocycles. The Morgan fingerprint density at radius 3 is 2.88 bits per heavy atom. The average Bonchev–Trinajstić information content (AvgIpc) is 2.70. The lowest BCUT2D eigenvalue weighted by atomic mass is 10.2. The fourth-order valence-corrected chi connectivity index (χ4v) is 2.25. The number of rotatable bonds is 6. The van der Waals surface area contributed by atoms with E-state index in [2.05, 4.69) is 10.1 Å². The number of urea groups is 1. The van der Waals surface area contributed by atoms with Gasteiger partial charge in [-0.3, -0.25) is 4.79 Å². The number of thiophene rings is 1. The van der Waals surface area contributed by atoms with E-state index in [1.165, 1.54) is 12.0 Å². The molecule has 0 fully saturated rings. The number of carbonyl (C=O) groups is 2. The quantitative estimate of drug-likeness (QED) is 0.604. The first-order valence-corrected chi connectivity index (χ1v) is 6.20. The molecule has 0 bridgehead atoms. The van der Waals surface area contributed by atoms with Crippen LogP contribution in [0.25, 0.3) is 0 Å². The zero-order chi connectivity index (χ0) is 12.7. The Balaban J connectivity index is 2.25. The highest BCUT2D eigenvalue weighted by atomic mass is 32.1. The van der Waals surface area contributed by atoms with Crippen molar-refractivity contribution >= 4 is 29.0 Å². The summed E-state index contributed by atoms with van der Waals surface area (Å²) >= 11 is 1.57. The maximum absolute atomic E-state index is 10.9. The van der Waals surface area contributed by atoms with Crippen LogP contribution >= 0.6 is 11.3 Å². The summed E-state index contributed by atoms with van der Waals surface area (Å²) in [6.45, 7) is 0. The smallest absolute Gasteiger partial charge is 0.316 e. The van der Waals surface area contributed by atoms with Crippen LogP contribution in [0.2, 0.25) is 0 Å². The molecule has 0 saturated carbocycles. The average molecular weight is 256 g/mol. The summed E-state index contributed by atoms with van der Waals surface area (Å²) in [4.78, 5) is 22.6. The van der Waals surface area contributed by atoms with E-state index in [9.17, 15) is 9.59 Å². The molecule has 0 aliphatic rings. The van der Waals surface area contributed by atoms with Crippen LogP contribution in [0.5, 0.6) is 0 Å². The largest absolute Gasteiger partial charge is 0.469 e. The summed E-state index contributed by atoms with van der Waals surface area (Å²) in [5.41, 5.74) is 5.73. The van der Waals surface area contributed by atoms with Crippen molar-refractivity contribution in [2.24, 2.45) is 5.73 Å². The highest BCUT2D eigenvalue weighted by Crippen LogP contribution is 2.21. The number of aryl methyl sites for hydroxylation is 1. The van der Waals surface area contributed by atoms with Crippen LogP contribution in [-0.2, 0) is 16.0 Å². The minimum absolute atomic E-state index is 0.174. The van der Waals surface area contributed by atoms with Gasteiger partial charge in [0, 0.05) is 16.7 Å². The van der Waals surface area contributed by atoms with Gasteiger partial charge in [0.1, 0.15) is 0 Å². The number of hydrogen-bond acceptors (Lipinski definition) is 4. The molecule has 6 heteroatoms. The van der Waals surface area contributed by atoms with Gasteiger partial charge in [-0.05, 0) is 25.3 Å². The second-order valence-corrected chi connectivity index (χ2v) is 4.57. The zero-order valence-corrected chi connectivity index (χ0v) is 10.5. The summed E-state index contributed by atoms with van der Waals surface area (Å²) in [6, 6.07) is 1.34. The molecule has 0 aromatic carbocycles. The van der Waals surface area contributed by atoms with Gasteiger partial charge in [-0.1, -0.05) is 0 Å². The molecule has 1 rings (SSSR count). The van der Waals surface area contributed by atoms with Crippen LogP contribution < -0.4 is 11.1 Å². The topological polar surface area (TPSA) is 81.4 Å². The number of primary amides is 1. The van der Waals surface area contributed by atoms with Gasteiger partial charge in [-0.2, -0.15) is 0 Å². The van der Waals surface area contributed by atoms with Gasteiger partial charge in [-0.25, -0.2) is 4.79 Å². The Morgan fingerprint density at radius 1 is 1.47 bits per heavy atom. The normalized spacial score (nSPS) is 9.94. The predicted octanol–water partition coefficient (Wildman–Crippen LogP) is 2.12. The second-order valence-electron chi connectivity index (χ2n) is 3.57. The van der Waals surface area contributed by atoms with E-state index >= 15 is 0 Å². The minimum Gasteiger partial charge on any atom is -0.469 e. The van der Waals surface area contributed by atoms with E-state index in [-0.39, 0.29) is 5.97 Å². The number of amides is 2. The summed E-state index contributed by atoms with van der Waals surface area (Å²) in [7, 11) is 1.39. The molecular weight excluding hydrogens is 240 g/mol.